The summed E-state index contributed by atoms with van der Waals surface area (Å²) in [6.45, 7) is 5.71. The largest absolute Gasteiger partial charge is 0.496 e. The Morgan fingerprint density at radius 3 is 2.68 bits per heavy atom. The second-order valence-corrected chi connectivity index (χ2v) is 8.65. The molecule has 1 heterocycles. The average Bonchev–Trinajstić information content (AvgIpc) is 2.75. The lowest BCUT2D eigenvalue weighted by atomic mass is 10.1. The van der Waals surface area contributed by atoms with Crippen LogP contribution in [0.3, 0.4) is 0 Å². The van der Waals surface area contributed by atoms with E-state index >= 15 is 0 Å². The molecule has 0 aliphatic heterocycles. The molecule has 0 radical (unpaired) electrons. The molecule has 1 aromatic carbocycles. The Morgan fingerprint density at radius 1 is 1.29 bits per heavy atom. The molecule has 0 saturated carbocycles. The molecule has 2 rings (SSSR count). The molecule has 0 spiro atoms. The van der Waals surface area contributed by atoms with Crippen molar-refractivity contribution in [2.24, 2.45) is 10.1 Å². The van der Waals surface area contributed by atoms with E-state index in [1.54, 1.807) is 58.3 Å². The summed E-state index contributed by atoms with van der Waals surface area (Å²) >= 11 is 0. The number of Topliss-reactive ketones (excluding diaryl/α,β-unsaturated/α-hetero) is 1. The lowest BCUT2D eigenvalue weighted by Gasteiger charge is -2.14. The number of aryl methyl sites for hydroxylation is 1. The van der Waals surface area contributed by atoms with Crippen molar-refractivity contribution in [2.75, 3.05) is 13.7 Å². The van der Waals surface area contributed by atoms with E-state index in [0.717, 1.165) is 11.9 Å². The number of aromatic nitrogens is 1. The highest BCUT2D eigenvalue weighted by atomic mass is 32.2. The van der Waals surface area contributed by atoms with Crippen molar-refractivity contribution in [3.63, 3.8) is 0 Å². The van der Waals surface area contributed by atoms with Gasteiger partial charge in [-0.25, -0.2) is 5.43 Å². The van der Waals surface area contributed by atoms with Crippen LogP contribution in [0.15, 0.2) is 39.8 Å². The summed E-state index contributed by atoms with van der Waals surface area (Å²) in [5, 5.41) is 0. The predicted molar refractivity (Wildman–Crippen MR) is 120 cm³/mol. The predicted octanol–water partition coefficient (Wildman–Crippen LogP) is 1.82. The first kappa shape index (κ1) is 24.4. The van der Waals surface area contributed by atoms with Gasteiger partial charge in [0.2, 0.25) is 0 Å². The van der Waals surface area contributed by atoms with Crippen LogP contribution in [0.4, 0.5) is 0 Å². The highest BCUT2D eigenvalue weighted by Crippen LogP contribution is 2.31. The van der Waals surface area contributed by atoms with Gasteiger partial charge < -0.3 is 15.9 Å². The van der Waals surface area contributed by atoms with E-state index in [9.17, 15) is 13.2 Å². The second-order valence-electron chi connectivity index (χ2n) is 7.08. The number of nitrogens with one attached hydrogen (secondary N) is 2. The van der Waals surface area contributed by atoms with Crippen molar-refractivity contribution in [3.05, 3.63) is 52.8 Å². The minimum absolute atomic E-state index is 0.169. The summed E-state index contributed by atoms with van der Waals surface area (Å²) < 4.78 is 34.3. The molecule has 4 N–H and O–H groups in total. The molecule has 1 aromatic heterocycles. The van der Waals surface area contributed by atoms with Crippen LogP contribution in [-0.2, 0) is 10.0 Å². The summed E-state index contributed by atoms with van der Waals surface area (Å²) in [6.07, 6.45) is 3.70. The number of sulfonamides is 1. The van der Waals surface area contributed by atoms with Gasteiger partial charge in [0, 0.05) is 12.7 Å². The first-order valence-corrected chi connectivity index (χ1v) is 11.3. The number of methoxy groups -OCH3 is 1. The summed E-state index contributed by atoms with van der Waals surface area (Å²) in [7, 11) is -2.33. The number of benzene rings is 1. The maximum Gasteiger partial charge on any atom is 0.284 e. The SMILES string of the molecule is COc1cc(C)c(S(=O)(=O)N=CNNCCC[C@@H](N)C(=O)c2ccccn2)c(C)c1C. The quantitative estimate of drug-likeness (QED) is 0.156. The Bertz CT molecular complexity index is 1040. The third kappa shape index (κ3) is 6.33. The maximum absolute atomic E-state index is 12.6. The zero-order valence-electron chi connectivity index (χ0n) is 18.2. The molecule has 0 saturated heterocycles. The normalized spacial score (nSPS) is 12.7. The number of hydrogen-bond donors (Lipinski definition) is 3. The lowest BCUT2D eigenvalue weighted by molar-refractivity contribution is 0.0951. The standard InChI is InChI=1S/C21H29N5O4S/c1-14-12-19(30-4)15(2)16(3)21(14)31(28,29)26-13-25-24-11-7-8-17(22)20(27)18-9-5-6-10-23-18/h5-6,9-10,12-13,17,24H,7-8,11,22H2,1-4H3,(H,25,26)/t17-/m1/s1. The van der Waals surface area contributed by atoms with Crippen molar-refractivity contribution in [1.82, 2.24) is 15.8 Å². The number of carbonyl (C=O) groups excluding carboxylic acids is 1. The number of hydrogen-bond acceptors (Lipinski definition) is 7. The van der Waals surface area contributed by atoms with Crippen molar-refractivity contribution in [3.8, 4) is 5.75 Å². The van der Waals surface area contributed by atoms with Gasteiger partial charge in [0.15, 0.2) is 5.78 Å². The van der Waals surface area contributed by atoms with Crippen molar-refractivity contribution in [1.29, 1.82) is 0 Å². The molecule has 0 unspecified atom stereocenters. The molecule has 0 bridgehead atoms. The highest BCUT2D eigenvalue weighted by molar-refractivity contribution is 7.90. The van der Waals surface area contributed by atoms with Crippen LogP contribution in [0.5, 0.6) is 5.75 Å². The van der Waals surface area contributed by atoms with Gasteiger partial charge in [-0.3, -0.25) is 9.78 Å². The molecule has 9 nitrogen and oxygen atoms in total. The van der Waals surface area contributed by atoms with Crippen LogP contribution in [0, 0.1) is 20.8 Å². The summed E-state index contributed by atoms with van der Waals surface area (Å²) in [5.74, 6) is 0.430. The van der Waals surface area contributed by atoms with Gasteiger partial charge in [0.05, 0.1) is 18.0 Å². The van der Waals surface area contributed by atoms with Crippen LogP contribution in [0.25, 0.3) is 0 Å². The number of pyridine rings is 1. The van der Waals surface area contributed by atoms with E-state index in [2.05, 4.69) is 20.2 Å². The molecule has 0 fully saturated rings. The monoisotopic (exact) mass is 447 g/mol. The molecule has 0 aliphatic rings. The molecule has 1 atom stereocenters. The lowest BCUT2D eigenvalue weighted by Crippen LogP contribution is -2.35. The van der Waals surface area contributed by atoms with Crippen LogP contribution in [0.2, 0.25) is 0 Å². The first-order chi connectivity index (χ1) is 14.7. The second kappa shape index (κ2) is 11.0. The Kier molecular flexibility index (Phi) is 8.66. The minimum atomic E-state index is -3.88. The number of nitrogens with two attached hydrogens (primary N) is 1. The smallest absolute Gasteiger partial charge is 0.284 e. The van der Waals surface area contributed by atoms with Gasteiger partial charge in [-0.2, -0.15) is 8.42 Å². The fraction of sp³-hybridized carbons (Fsp3) is 0.381. The van der Waals surface area contributed by atoms with E-state index in [0.29, 0.717) is 42.0 Å². The van der Waals surface area contributed by atoms with Crippen molar-refractivity contribution >= 4 is 22.1 Å². The van der Waals surface area contributed by atoms with Crippen LogP contribution in [-0.4, -0.2) is 45.2 Å². The van der Waals surface area contributed by atoms with Gasteiger partial charge in [-0.1, -0.05) is 6.07 Å². The zero-order valence-corrected chi connectivity index (χ0v) is 19.0. The van der Waals surface area contributed by atoms with Crippen LogP contribution >= 0.6 is 0 Å². The maximum atomic E-state index is 12.6. The summed E-state index contributed by atoms with van der Waals surface area (Å²) in [5.41, 5.74) is 13.7. The Hall–Kier alpha value is -2.82. The number of rotatable bonds is 11. The topological polar surface area (TPSA) is 136 Å². The van der Waals surface area contributed by atoms with E-state index in [4.69, 9.17) is 10.5 Å². The highest BCUT2D eigenvalue weighted by Gasteiger charge is 2.21. The van der Waals surface area contributed by atoms with Crippen LogP contribution in [0.1, 0.15) is 40.0 Å². The number of carbonyl (C=O) groups is 1. The van der Waals surface area contributed by atoms with Gasteiger partial charge in [-0.05, 0) is 68.5 Å². The van der Waals surface area contributed by atoms with E-state index in [1.807, 2.05) is 0 Å². The van der Waals surface area contributed by atoms with E-state index in [-0.39, 0.29) is 10.7 Å². The molecule has 2 aromatic rings. The van der Waals surface area contributed by atoms with Crippen molar-refractivity contribution in [2.45, 2.75) is 44.6 Å². The molecular formula is C21H29N5O4S. The fourth-order valence-corrected chi connectivity index (χ4v) is 4.44. The third-order valence-electron chi connectivity index (χ3n) is 4.89. The zero-order chi connectivity index (χ0) is 23.0. The third-order valence-corrected chi connectivity index (χ3v) is 6.41. The van der Waals surface area contributed by atoms with Crippen LogP contribution < -0.4 is 21.3 Å². The molecular weight excluding hydrogens is 418 g/mol. The Labute approximate surface area is 183 Å². The number of ketones is 1. The van der Waals surface area contributed by atoms with Gasteiger partial charge in [0.25, 0.3) is 10.0 Å². The molecule has 0 aliphatic carbocycles. The molecule has 31 heavy (non-hydrogen) atoms. The average molecular weight is 448 g/mol. The van der Waals surface area contributed by atoms with Crippen molar-refractivity contribution < 1.29 is 17.9 Å². The Balaban J connectivity index is 1.84. The van der Waals surface area contributed by atoms with Gasteiger partial charge in [-0.15, -0.1) is 4.40 Å². The van der Waals surface area contributed by atoms with E-state index in [1.165, 1.54) is 0 Å². The fourth-order valence-electron chi connectivity index (χ4n) is 3.14. The first-order valence-electron chi connectivity index (χ1n) is 9.82. The van der Waals surface area contributed by atoms with Gasteiger partial charge >= 0.3 is 0 Å². The number of hydrazine groups is 1. The molecule has 10 heteroatoms. The number of nitrogens with zero attached hydrogens (tertiary/aromatic N) is 2. The number of ether oxygens (including phenoxy) is 1. The minimum Gasteiger partial charge on any atom is -0.496 e. The molecule has 168 valence electrons. The van der Waals surface area contributed by atoms with Gasteiger partial charge in [0.1, 0.15) is 17.8 Å². The summed E-state index contributed by atoms with van der Waals surface area (Å²) in [4.78, 5) is 16.3. The Morgan fingerprint density at radius 2 is 2.03 bits per heavy atom. The molecule has 0 amide bonds. The van der Waals surface area contributed by atoms with E-state index < -0.39 is 16.1 Å². The summed E-state index contributed by atoms with van der Waals surface area (Å²) in [6, 6.07) is 6.15.